The van der Waals surface area contributed by atoms with E-state index >= 15 is 0 Å². The van der Waals surface area contributed by atoms with Gasteiger partial charge in [-0.25, -0.2) is 4.79 Å². The number of likely N-dealkylation sites (N-methyl/N-ethyl adjacent to an activating group) is 1. The molecule has 4 rings (SSSR count). The summed E-state index contributed by atoms with van der Waals surface area (Å²) in [4.78, 5) is 14.6. The van der Waals surface area contributed by atoms with Crippen LogP contribution in [-0.2, 0) is 19.0 Å². The molecule has 2 N–H and O–H groups in total. The van der Waals surface area contributed by atoms with E-state index in [1.807, 2.05) is 58.3 Å². The number of nitrogens with zero attached hydrogens (tertiary/aromatic N) is 1. The Morgan fingerprint density at radius 2 is 2.00 bits per heavy atom. The molecule has 2 heterocycles. The van der Waals surface area contributed by atoms with Gasteiger partial charge in [0.05, 0.1) is 31.3 Å². The zero-order chi connectivity index (χ0) is 25.9. The number of carbonyl (C=O) groups is 1. The van der Waals surface area contributed by atoms with Gasteiger partial charge in [0.2, 0.25) is 0 Å². The number of benzene rings is 1. The van der Waals surface area contributed by atoms with Gasteiger partial charge >= 0.3 is 5.97 Å². The van der Waals surface area contributed by atoms with Crippen LogP contribution in [0.4, 0.5) is 0 Å². The third-order valence-electron chi connectivity index (χ3n) is 7.55. The Kier molecular flexibility index (Phi) is 8.22. The Hall–Kier alpha value is -2.23. The molecule has 1 aromatic rings. The predicted octanol–water partition coefficient (Wildman–Crippen LogP) is 2.58. The van der Waals surface area contributed by atoms with Crippen molar-refractivity contribution in [1.82, 2.24) is 4.90 Å². The Bertz CT molecular complexity index is 969. The second kappa shape index (κ2) is 11.0. The Balaban J connectivity index is 1.32. The number of hydrogen-bond donors (Lipinski definition) is 2. The number of epoxide rings is 2. The average Bonchev–Trinajstić information content (AvgIpc) is 3.76. The Morgan fingerprint density at radius 3 is 2.64 bits per heavy atom. The molecule has 0 bridgehead atoms. The van der Waals surface area contributed by atoms with Crippen molar-refractivity contribution >= 4 is 12.0 Å². The highest BCUT2D eigenvalue weighted by atomic mass is 16.6. The van der Waals surface area contributed by atoms with Crippen molar-refractivity contribution in [2.45, 2.75) is 62.6 Å². The number of hydrogen-bond acceptors (Lipinski definition) is 8. The van der Waals surface area contributed by atoms with Crippen molar-refractivity contribution in [2.75, 3.05) is 40.5 Å². The van der Waals surface area contributed by atoms with E-state index in [4.69, 9.17) is 18.9 Å². The molecule has 2 unspecified atom stereocenters. The van der Waals surface area contributed by atoms with Crippen LogP contribution in [0.1, 0.15) is 38.7 Å². The summed E-state index contributed by atoms with van der Waals surface area (Å²) in [6, 6.07) is 7.50. The highest BCUT2D eigenvalue weighted by molar-refractivity contribution is 5.87. The minimum absolute atomic E-state index is 0.0166. The number of rotatable bonds is 11. The van der Waals surface area contributed by atoms with Crippen LogP contribution in [0.2, 0.25) is 0 Å². The predicted molar refractivity (Wildman–Crippen MR) is 136 cm³/mol. The van der Waals surface area contributed by atoms with Gasteiger partial charge in [0.15, 0.2) is 0 Å². The van der Waals surface area contributed by atoms with Crippen LogP contribution in [0.3, 0.4) is 0 Å². The molecule has 0 radical (unpaired) electrons. The molecule has 8 nitrogen and oxygen atoms in total. The first kappa shape index (κ1) is 26.8. The largest absolute Gasteiger partial charge is 0.492 e. The van der Waals surface area contributed by atoms with Crippen LogP contribution >= 0.6 is 0 Å². The summed E-state index contributed by atoms with van der Waals surface area (Å²) in [5.74, 6) is 0.00498. The molecule has 198 valence electrons. The topological polar surface area (TPSA) is 104 Å². The van der Waals surface area contributed by atoms with Crippen LogP contribution in [0.15, 0.2) is 42.0 Å². The quantitative estimate of drug-likeness (QED) is 0.206. The Morgan fingerprint density at radius 1 is 1.28 bits per heavy atom. The molecule has 36 heavy (non-hydrogen) atoms. The third-order valence-corrected chi connectivity index (χ3v) is 7.55. The highest BCUT2D eigenvalue weighted by Crippen LogP contribution is 2.59. The van der Waals surface area contributed by atoms with Crippen molar-refractivity contribution in [1.29, 1.82) is 0 Å². The molecule has 8 heteroatoms. The van der Waals surface area contributed by atoms with Crippen LogP contribution in [0, 0.1) is 5.92 Å². The number of ether oxygens (including phenoxy) is 4. The van der Waals surface area contributed by atoms with Crippen LogP contribution in [0.5, 0.6) is 5.75 Å². The summed E-state index contributed by atoms with van der Waals surface area (Å²) in [6.45, 7) is 5.91. The first-order chi connectivity index (χ1) is 17.2. The minimum atomic E-state index is -0.880. The second-order valence-electron chi connectivity index (χ2n) is 10.6. The van der Waals surface area contributed by atoms with E-state index in [1.165, 1.54) is 6.08 Å². The molecule has 0 aromatic heterocycles. The zero-order valence-corrected chi connectivity index (χ0v) is 21.7. The van der Waals surface area contributed by atoms with Gasteiger partial charge in [-0.05, 0) is 71.0 Å². The normalized spacial score (nSPS) is 33.8. The maximum absolute atomic E-state index is 12.6. The lowest BCUT2D eigenvalue weighted by atomic mass is 9.68. The van der Waals surface area contributed by atoms with Crippen molar-refractivity contribution in [3.05, 3.63) is 47.6 Å². The minimum Gasteiger partial charge on any atom is -0.492 e. The summed E-state index contributed by atoms with van der Waals surface area (Å²) in [7, 11) is 3.99. The molecule has 3 aliphatic rings. The van der Waals surface area contributed by atoms with Crippen LogP contribution in [0.25, 0.3) is 6.08 Å². The van der Waals surface area contributed by atoms with Gasteiger partial charge in [-0.3, -0.25) is 0 Å². The van der Waals surface area contributed by atoms with E-state index in [1.54, 1.807) is 6.08 Å². The fourth-order valence-corrected chi connectivity index (χ4v) is 5.22. The Labute approximate surface area is 213 Å². The number of esters is 1. The molecule has 1 aliphatic carbocycles. The fraction of sp³-hybridized carbons (Fsp3) is 0.607. The smallest absolute Gasteiger partial charge is 0.331 e. The highest BCUT2D eigenvalue weighted by Gasteiger charge is 2.71. The SMILES string of the molecule is C/C(=C\CC1OC1(C)[C@H]1[C@H](O)[C@H](OC(=O)/C=C/c2ccc(OCCN(C)C)cc2)CC[C@]12CO2)CO. The lowest BCUT2D eigenvalue weighted by molar-refractivity contribution is -0.162. The van der Waals surface area contributed by atoms with E-state index in [-0.39, 0.29) is 18.6 Å². The molecule has 1 saturated carbocycles. The first-order valence-electron chi connectivity index (χ1n) is 12.7. The maximum atomic E-state index is 12.6. The molecule has 6 atom stereocenters. The van der Waals surface area contributed by atoms with Crippen molar-refractivity contribution < 1.29 is 34.0 Å². The maximum Gasteiger partial charge on any atom is 0.331 e. The van der Waals surface area contributed by atoms with E-state index in [0.717, 1.165) is 23.4 Å². The number of carbonyl (C=O) groups excluding carboxylic acids is 1. The summed E-state index contributed by atoms with van der Waals surface area (Å²) >= 11 is 0. The molecule has 1 spiro atoms. The molecule has 2 saturated heterocycles. The van der Waals surface area contributed by atoms with Gasteiger partial charge in [-0.1, -0.05) is 23.8 Å². The van der Waals surface area contributed by atoms with E-state index in [2.05, 4.69) is 4.90 Å². The van der Waals surface area contributed by atoms with Crippen molar-refractivity contribution in [3.63, 3.8) is 0 Å². The van der Waals surface area contributed by atoms with Gasteiger partial charge in [0, 0.05) is 12.6 Å². The zero-order valence-electron chi connectivity index (χ0n) is 21.7. The average molecular weight is 502 g/mol. The second-order valence-corrected chi connectivity index (χ2v) is 10.6. The van der Waals surface area contributed by atoms with Gasteiger partial charge in [0.25, 0.3) is 0 Å². The van der Waals surface area contributed by atoms with E-state index < -0.39 is 29.4 Å². The van der Waals surface area contributed by atoms with E-state index in [0.29, 0.717) is 32.5 Å². The molecule has 3 fully saturated rings. The van der Waals surface area contributed by atoms with Gasteiger partial charge < -0.3 is 34.1 Å². The van der Waals surface area contributed by atoms with Crippen molar-refractivity contribution in [2.24, 2.45) is 5.92 Å². The van der Waals surface area contributed by atoms with Gasteiger partial charge in [0.1, 0.15) is 29.7 Å². The summed E-state index contributed by atoms with van der Waals surface area (Å²) in [6.07, 6.45) is 5.41. The monoisotopic (exact) mass is 501 g/mol. The standard InChI is InChI=1S/C28H39NO7/c1-19(17-30)5-11-23-27(2,36-23)26-25(32)22(13-14-28(26)18-34-28)35-24(31)12-8-20-6-9-21(10-7-20)33-16-15-29(3)4/h5-10,12,22-23,25-26,30,32H,11,13-18H2,1-4H3/b12-8+,19-5+/t22-,23?,25-,26-,27?,28+/m1/s1. The molecule has 0 amide bonds. The molecule has 1 aromatic carbocycles. The van der Waals surface area contributed by atoms with Gasteiger partial charge in [-0.15, -0.1) is 0 Å². The first-order valence-corrected chi connectivity index (χ1v) is 12.7. The summed E-state index contributed by atoms with van der Waals surface area (Å²) in [5, 5.41) is 20.5. The van der Waals surface area contributed by atoms with Gasteiger partial charge in [-0.2, -0.15) is 0 Å². The summed E-state index contributed by atoms with van der Waals surface area (Å²) < 4.78 is 23.3. The number of aliphatic hydroxyl groups excluding tert-OH is 2. The van der Waals surface area contributed by atoms with E-state index in [9.17, 15) is 15.0 Å². The number of aliphatic hydroxyl groups is 2. The van der Waals surface area contributed by atoms with Crippen LogP contribution in [-0.4, -0.2) is 91.1 Å². The summed E-state index contributed by atoms with van der Waals surface area (Å²) in [5.41, 5.74) is 0.777. The van der Waals surface area contributed by atoms with Crippen LogP contribution < -0.4 is 4.74 Å². The molecular formula is C28H39NO7. The van der Waals surface area contributed by atoms with Crippen molar-refractivity contribution in [3.8, 4) is 5.75 Å². The fourth-order valence-electron chi connectivity index (χ4n) is 5.22. The lowest BCUT2D eigenvalue weighted by Crippen LogP contribution is -2.54. The molecule has 2 aliphatic heterocycles. The lowest BCUT2D eigenvalue weighted by Gasteiger charge is -2.40. The third kappa shape index (κ3) is 6.18. The molecular weight excluding hydrogens is 462 g/mol.